The highest BCUT2D eigenvalue weighted by Crippen LogP contribution is 2.30. The Bertz CT molecular complexity index is 2010. The lowest BCUT2D eigenvalue weighted by Gasteiger charge is -2.33. The normalized spacial score (nSPS) is 17.5. The molecular formula is C48H59Cl3N2O8. The van der Waals surface area contributed by atoms with Gasteiger partial charge in [0.15, 0.2) is 0 Å². The van der Waals surface area contributed by atoms with Gasteiger partial charge in [-0.3, -0.25) is 19.4 Å². The van der Waals surface area contributed by atoms with Crippen LogP contribution < -0.4 is 9.47 Å². The van der Waals surface area contributed by atoms with Crippen molar-refractivity contribution in [3.05, 3.63) is 128 Å². The Morgan fingerprint density at radius 1 is 0.607 bits per heavy atom. The van der Waals surface area contributed by atoms with E-state index in [1.165, 1.54) is 0 Å². The minimum absolute atomic E-state index is 0.0544. The maximum absolute atomic E-state index is 12.0. The third-order valence-electron chi connectivity index (χ3n) is 9.66. The SMILES string of the molecule is CC(C)(C)OC(=O)CCN1CCOC(c2cccc(OCc3c(Cl)cccc3Cl)c2)C1.CC(C)(C)OC(=O)CCN1CCOC(c2cccc(OCc3ccccc3Cl)c2)C1. The van der Waals surface area contributed by atoms with Crippen molar-refractivity contribution >= 4 is 46.7 Å². The van der Waals surface area contributed by atoms with Crippen LogP contribution in [-0.2, 0) is 41.8 Å². The predicted molar refractivity (Wildman–Crippen MR) is 241 cm³/mol. The van der Waals surface area contributed by atoms with E-state index in [0.717, 1.165) is 53.4 Å². The van der Waals surface area contributed by atoms with Gasteiger partial charge in [-0.25, -0.2) is 0 Å². The lowest BCUT2D eigenvalue weighted by molar-refractivity contribution is -0.156. The van der Waals surface area contributed by atoms with Gasteiger partial charge in [0.2, 0.25) is 0 Å². The van der Waals surface area contributed by atoms with Crippen molar-refractivity contribution in [1.29, 1.82) is 0 Å². The number of carbonyl (C=O) groups excluding carboxylic acids is 2. The standard InChI is InChI=1S/C24H29Cl2NO4.C24H30ClNO4/c1-24(2,3)31-23(28)10-11-27-12-13-29-22(15-27)17-6-4-7-18(14-17)30-16-19-20(25)8-5-9-21(19)26;1-24(2,3)30-23(27)11-12-26-13-14-28-22(16-26)18-8-6-9-20(15-18)29-17-19-7-4-5-10-21(19)25/h4-9,14,22H,10-13,15-16H2,1-3H3;4-10,15,22H,11-14,16-17H2,1-3H3. The molecule has 330 valence electrons. The Morgan fingerprint density at radius 3 is 1.52 bits per heavy atom. The van der Waals surface area contributed by atoms with Gasteiger partial charge in [-0.1, -0.05) is 83.3 Å². The fourth-order valence-corrected chi connectivity index (χ4v) is 7.41. The molecule has 0 amide bonds. The van der Waals surface area contributed by atoms with Gasteiger partial charge < -0.3 is 28.4 Å². The fraction of sp³-hybridized carbons (Fsp3) is 0.458. The number of morpholine rings is 2. The molecule has 0 spiro atoms. The minimum Gasteiger partial charge on any atom is -0.489 e. The van der Waals surface area contributed by atoms with Gasteiger partial charge in [0.25, 0.3) is 0 Å². The topological polar surface area (TPSA) is 96.0 Å². The second kappa shape index (κ2) is 23.0. The molecule has 4 aromatic carbocycles. The fourth-order valence-electron chi connectivity index (χ4n) is 6.71. The van der Waals surface area contributed by atoms with E-state index in [0.29, 0.717) is 67.4 Å². The summed E-state index contributed by atoms with van der Waals surface area (Å²) < 4.78 is 34.7. The Balaban J connectivity index is 0.000000231. The smallest absolute Gasteiger partial charge is 0.307 e. The molecule has 0 radical (unpaired) electrons. The van der Waals surface area contributed by atoms with Crippen molar-refractivity contribution in [2.24, 2.45) is 0 Å². The number of rotatable bonds is 14. The molecular weight excluding hydrogens is 839 g/mol. The van der Waals surface area contributed by atoms with Gasteiger partial charge in [0.05, 0.1) is 38.3 Å². The van der Waals surface area contributed by atoms with Crippen molar-refractivity contribution in [3.63, 3.8) is 0 Å². The summed E-state index contributed by atoms with van der Waals surface area (Å²) in [4.78, 5) is 28.5. The molecule has 2 aliphatic heterocycles. The quantitative estimate of drug-likeness (QED) is 0.114. The number of hydrogen-bond donors (Lipinski definition) is 0. The second-order valence-electron chi connectivity index (χ2n) is 17.0. The Labute approximate surface area is 376 Å². The van der Waals surface area contributed by atoms with Crippen LogP contribution in [0.2, 0.25) is 15.1 Å². The van der Waals surface area contributed by atoms with E-state index in [4.69, 9.17) is 63.2 Å². The molecule has 0 saturated carbocycles. The molecule has 0 aromatic heterocycles. The first-order valence-corrected chi connectivity index (χ1v) is 21.9. The summed E-state index contributed by atoms with van der Waals surface area (Å²) in [7, 11) is 0. The molecule has 2 aliphatic rings. The summed E-state index contributed by atoms with van der Waals surface area (Å²) in [6.45, 7) is 17.6. The third-order valence-corrected chi connectivity index (χ3v) is 10.7. The average molecular weight is 898 g/mol. The molecule has 2 saturated heterocycles. The van der Waals surface area contributed by atoms with Crippen LogP contribution >= 0.6 is 34.8 Å². The Hall–Kier alpha value is -3.87. The van der Waals surface area contributed by atoms with Crippen LogP contribution in [-0.4, -0.2) is 85.4 Å². The van der Waals surface area contributed by atoms with E-state index in [1.807, 2.05) is 120 Å². The molecule has 6 rings (SSSR count). The highest BCUT2D eigenvalue weighted by Gasteiger charge is 2.26. The molecule has 10 nitrogen and oxygen atoms in total. The number of ether oxygens (including phenoxy) is 6. The van der Waals surface area contributed by atoms with E-state index < -0.39 is 11.2 Å². The molecule has 2 heterocycles. The van der Waals surface area contributed by atoms with Gasteiger partial charge in [-0.05, 0) is 95.1 Å². The molecule has 61 heavy (non-hydrogen) atoms. The van der Waals surface area contributed by atoms with Gasteiger partial charge in [0, 0.05) is 65.5 Å². The lowest BCUT2D eigenvalue weighted by atomic mass is 10.1. The molecule has 0 aliphatic carbocycles. The van der Waals surface area contributed by atoms with Crippen LogP contribution in [0, 0.1) is 0 Å². The second-order valence-corrected chi connectivity index (χ2v) is 18.2. The van der Waals surface area contributed by atoms with Crippen LogP contribution in [0.3, 0.4) is 0 Å². The average Bonchev–Trinajstić information content (AvgIpc) is 3.21. The van der Waals surface area contributed by atoms with E-state index in [-0.39, 0.29) is 30.8 Å². The van der Waals surface area contributed by atoms with Gasteiger partial charge in [0.1, 0.15) is 35.9 Å². The Kier molecular flexibility index (Phi) is 18.2. The first kappa shape index (κ1) is 48.2. The van der Waals surface area contributed by atoms with Crippen molar-refractivity contribution in [3.8, 4) is 11.5 Å². The van der Waals surface area contributed by atoms with E-state index in [9.17, 15) is 9.59 Å². The maximum Gasteiger partial charge on any atom is 0.307 e. The number of esters is 2. The predicted octanol–water partition coefficient (Wildman–Crippen LogP) is 10.7. The maximum atomic E-state index is 12.0. The number of nitrogens with zero attached hydrogens (tertiary/aromatic N) is 2. The summed E-state index contributed by atoms with van der Waals surface area (Å²) in [6, 6.07) is 28.9. The highest BCUT2D eigenvalue weighted by molar-refractivity contribution is 6.36. The number of benzene rings is 4. The molecule has 0 N–H and O–H groups in total. The molecule has 0 bridgehead atoms. The van der Waals surface area contributed by atoms with E-state index >= 15 is 0 Å². The first-order valence-electron chi connectivity index (χ1n) is 20.7. The zero-order valence-electron chi connectivity index (χ0n) is 36.1. The number of carbonyl (C=O) groups is 2. The van der Waals surface area contributed by atoms with Crippen LogP contribution in [0.15, 0.2) is 91.0 Å². The highest BCUT2D eigenvalue weighted by atomic mass is 35.5. The van der Waals surface area contributed by atoms with Crippen LogP contribution in [0.1, 0.15) is 88.8 Å². The van der Waals surface area contributed by atoms with Gasteiger partial charge >= 0.3 is 11.9 Å². The summed E-state index contributed by atoms with van der Waals surface area (Å²) in [5, 5.41) is 1.87. The zero-order chi connectivity index (χ0) is 44.0. The summed E-state index contributed by atoms with van der Waals surface area (Å²) in [5.41, 5.74) is 2.90. The van der Waals surface area contributed by atoms with Crippen molar-refractivity contribution in [2.45, 2.75) is 91.0 Å². The van der Waals surface area contributed by atoms with Crippen molar-refractivity contribution in [1.82, 2.24) is 9.80 Å². The van der Waals surface area contributed by atoms with E-state index in [1.54, 1.807) is 12.1 Å². The monoisotopic (exact) mass is 896 g/mol. The van der Waals surface area contributed by atoms with E-state index in [2.05, 4.69) is 9.80 Å². The molecule has 2 unspecified atom stereocenters. The van der Waals surface area contributed by atoms with Crippen LogP contribution in [0.25, 0.3) is 0 Å². The third kappa shape index (κ3) is 16.7. The van der Waals surface area contributed by atoms with Crippen LogP contribution in [0.5, 0.6) is 11.5 Å². The largest absolute Gasteiger partial charge is 0.489 e. The molecule has 2 fully saturated rings. The molecule has 4 aromatic rings. The summed E-state index contributed by atoms with van der Waals surface area (Å²) >= 11 is 18.7. The van der Waals surface area contributed by atoms with Gasteiger partial charge in [-0.2, -0.15) is 0 Å². The minimum atomic E-state index is -0.459. The number of hydrogen-bond acceptors (Lipinski definition) is 10. The Morgan fingerprint density at radius 2 is 1.05 bits per heavy atom. The van der Waals surface area contributed by atoms with Crippen molar-refractivity contribution in [2.75, 3.05) is 52.5 Å². The molecule has 13 heteroatoms. The lowest BCUT2D eigenvalue weighted by Crippen LogP contribution is -2.39. The molecule has 2 atom stereocenters. The van der Waals surface area contributed by atoms with Crippen molar-refractivity contribution < 1.29 is 38.0 Å². The first-order chi connectivity index (χ1) is 29.0. The number of halogens is 3. The van der Waals surface area contributed by atoms with Gasteiger partial charge in [-0.15, -0.1) is 0 Å². The summed E-state index contributed by atoms with van der Waals surface area (Å²) in [5.74, 6) is 1.16. The zero-order valence-corrected chi connectivity index (χ0v) is 38.4. The summed E-state index contributed by atoms with van der Waals surface area (Å²) in [6.07, 6.45) is 0.609. The van der Waals surface area contributed by atoms with Crippen LogP contribution in [0.4, 0.5) is 0 Å².